The second-order valence-corrected chi connectivity index (χ2v) is 8.00. The standard InChI is InChI=1S/C23H17FN4O2S/c24-18-12-16(30-8-1-2-14-3-6-25-7-4-14)11-17-21(18)27-22(28-23(17)29)19-10-15-5-9-31-20(15)13-26-19/h3-7,9-13H,1-2,8H2,(H,27,28,29). The Balaban J connectivity index is 1.38. The average molecular weight is 432 g/mol. The van der Waals surface area contributed by atoms with Crippen LogP contribution in [-0.4, -0.2) is 26.5 Å². The number of halogens is 1. The molecule has 0 amide bonds. The number of thiophene rings is 1. The zero-order valence-corrected chi connectivity index (χ0v) is 17.2. The Labute approximate surface area is 180 Å². The summed E-state index contributed by atoms with van der Waals surface area (Å²) in [5.74, 6) is -0.0706. The fourth-order valence-corrected chi connectivity index (χ4v) is 4.13. The Kier molecular flexibility index (Phi) is 5.13. The van der Waals surface area contributed by atoms with E-state index in [1.54, 1.807) is 29.9 Å². The number of aryl methyl sites for hydroxylation is 1. The van der Waals surface area contributed by atoms with E-state index in [2.05, 4.69) is 19.9 Å². The first-order chi connectivity index (χ1) is 15.2. The van der Waals surface area contributed by atoms with Crippen LogP contribution >= 0.6 is 11.3 Å². The van der Waals surface area contributed by atoms with E-state index in [0.717, 1.165) is 28.5 Å². The highest BCUT2D eigenvalue weighted by Gasteiger charge is 2.13. The van der Waals surface area contributed by atoms with Crippen LogP contribution < -0.4 is 10.3 Å². The van der Waals surface area contributed by atoms with Crippen molar-refractivity contribution in [2.75, 3.05) is 6.61 Å². The first kappa shape index (κ1) is 19.3. The van der Waals surface area contributed by atoms with Crippen molar-refractivity contribution < 1.29 is 9.13 Å². The largest absolute Gasteiger partial charge is 0.493 e. The number of aromatic nitrogens is 4. The molecule has 6 nitrogen and oxygen atoms in total. The first-order valence-electron chi connectivity index (χ1n) is 9.76. The van der Waals surface area contributed by atoms with Crippen LogP contribution in [-0.2, 0) is 6.42 Å². The summed E-state index contributed by atoms with van der Waals surface area (Å²) in [6, 6.07) is 10.5. The molecule has 0 spiro atoms. The molecule has 31 heavy (non-hydrogen) atoms. The number of pyridine rings is 2. The molecule has 154 valence electrons. The Morgan fingerprint density at radius 1 is 1.13 bits per heavy atom. The first-order valence-corrected chi connectivity index (χ1v) is 10.6. The predicted molar refractivity (Wildman–Crippen MR) is 119 cm³/mol. The number of fused-ring (bicyclic) bond motifs is 2. The minimum Gasteiger partial charge on any atom is -0.493 e. The van der Waals surface area contributed by atoms with E-state index in [4.69, 9.17) is 4.74 Å². The van der Waals surface area contributed by atoms with Gasteiger partial charge in [-0.3, -0.25) is 14.8 Å². The van der Waals surface area contributed by atoms with E-state index >= 15 is 0 Å². The van der Waals surface area contributed by atoms with Crippen molar-refractivity contribution >= 4 is 32.3 Å². The lowest BCUT2D eigenvalue weighted by Gasteiger charge is -2.09. The van der Waals surface area contributed by atoms with Crippen molar-refractivity contribution in [1.82, 2.24) is 19.9 Å². The molecular weight excluding hydrogens is 415 g/mol. The van der Waals surface area contributed by atoms with E-state index in [-0.39, 0.29) is 16.7 Å². The molecular formula is C23H17FN4O2S. The van der Waals surface area contributed by atoms with Crippen LogP contribution in [0.2, 0.25) is 0 Å². The predicted octanol–water partition coefficient (Wildman–Crippen LogP) is 4.75. The lowest BCUT2D eigenvalue weighted by molar-refractivity contribution is 0.310. The van der Waals surface area contributed by atoms with Crippen LogP contribution in [0, 0.1) is 5.82 Å². The number of benzene rings is 1. The normalized spacial score (nSPS) is 11.3. The van der Waals surface area contributed by atoms with Gasteiger partial charge in [0, 0.05) is 24.7 Å². The molecule has 0 atom stereocenters. The van der Waals surface area contributed by atoms with E-state index in [0.29, 0.717) is 18.1 Å². The SMILES string of the molecule is O=c1[nH]c(-c2cc3ccsc3cn2)nc2c(F)cc(OCCCc3ccncc3)cc12. The molecule has 0 saturated heterocycles. The van der Waals surface area contributed by atoms with Crippen molar-refractivity contribution in [3.63, 3.8) is 0 Å². The van der Waals surface area contributed by atoms with E-state index in [1.807, 2.05) is 29.6 Å². The minimum absolute atomic E-state index is 0.00454. The fourth-order valence-electron chi connectivity index (χ4n) is 3.39. The number of H-pyrrole nitrogens is 1. The Bertz CT molecular complexity index is 1430. The number of nitrogens with zero attached hydrogens (tertiary/aromatic N) is 3. The molecule has 0 fully saturated rings. The lowest BCUT2D eigenvalue weighted by Crippen LogP contribution is -2.11. The van der Waals surface area contributed by atoms with Crippen LogP contribution in [0.3, 0.4) is 0 Å². The van der Waals surface area contributed by atoms with Crippen molar-refractivity contribution in [2.45, 2.75) is 12.8 Å². The zero-order valence-electron chi connectivity index (χ0n) is 16.3. The van der Waals surface area contributed by atoms with Crippen LogP contribution in [0.25, 0.3) is 32.5 Å². The third kappa shape index (κ3) is 4.02. The quantitative estimate of drug-likeness (QED) is 0.392. The molecule has 0 bridgehead atoms. The number of aromatic amines is 1. The maximum atomic E-state index is 14.8. The summed E-state index contributed by atoms with van der Waals surface area (Å²) in [5.41, 5.74) is 1.20. The summed E-state index contributed by atoms with van der Waals surface area (Å²) in [6.07, 6.45) is 6.80. The molecule has 5 aromatic rings. The van der Waals surface area contributed by atoms with Crippen LogP contribution in [0.1, 0.15) is 12.0 Å². The fraction of sp³-hybridized carbons (Fsp3) is 0.130. The molecule has 0 aliphatic rings. The molecule has 8 heteroatoms. The third-order valence-corrected chi connectivity index (χ3v) is 5.82. The van der Waals surface area contributed by atoms with Gasteiger partial charge in [-0.25, -0.2) is 9.37 Å². The average Bonchev–Trinajstić information content (AvgIpc) is 3.26. The minimum atomic E-state index is -0.606. The van der Waals surface area contributed by atoms with Gasteiger partial charge in [-0.2, -0.15) is 0 Å². The number of hydrogen-bond acceptors (Lipinski definition) is 6. The molecule has 4 heterocycles. The smallest absolute Gasteiger partial charge is 0.259 e. The van der Waals surface area contributed by atoms with Gasteiger partial charge in [0.1, 0.15) is 17.0 Å². The van der Waals surface area contributed by atoms with E-state index < -0.39 is 11.4 Å². The van der Waals surface area contributed by atoms with Gasteiger partial charge in [-0.15, -0.1) is 11.3 Å². The summed E-state index contributed by atoms with van der Waals surface area (Å²) in [7, 11) is 0. The van der Waals surface area contributed by atoms with Crippen LogP contribution in [0.4, 0.5) is 4.39 Å². The zero-order chi connectivity index (χ0) is 21.2. The van der Waals surface area contributed by atoms with Crippen molar-refractivity contribution in [3.8, 4) is 17.3 Å². The highest BCUT2D eigenvalue weighted by molar-refractivity contribution is 7.17. The van der Waals surface area contributed by atoms with Crippen molar-refractivity contribution in [1.29, 1.82) is 0 Å². The molecule has 1 N–H and O–H groups in total. The van der Waals surface area contributed by atoms with Gasteiger partial charge >= 0.3 is 0 Å². The molecule has 0 saturated carbocycles. The van der Waals surface area contributed by atoms with Gasteiger partial charge in [0.15, 0.2) is 11.6 Å². The van der Waals surface area contributed by atoms with E-state index in [1.165, 1.54) is 12.1 Å². The molecule has 0 aliphatic carbocycles. The van der Waals surface area contributed by atoms with E-state index in [9.17, 15) is 9.18 Å². The lowest BCUT2D eigenvalue weighted by atomic mass is 10.1. The molecule has 1 aromatic carbocycles. The molecule has 0 unspecified atom stereocenters. The van der Waals surface area contributed by atoms with Gasteiger partial charge in [-0.05, 0) is 59.5 Å². The van der Waals surface area contributed by atoms with Gasteiger partial charge in [0.25, 0.3) is 5.56 Å². The van der Waals surface area contributed by atoms with Crippen LogP contribution in [0.5, 0.6) is 5.75 Å². The Morgan fingerprint density at radius 3 is 2.87 bits per heavy atom. The van der Waals surface area contributed by atoms with Gasteiger partial charge in [0.05, 0.1) is 16.7 Å². The summed E-state index contributed by atoms with van der Waals surface area (Å²) >= 11 is 1.58. The maximum Gasteiger partial charge on any atom is 0.259 e. The summed E-state index contributed by atoms with van der Waals surface area (Å²) in [4.78, 5) is 28.0. The Hall–Kier alpha value is -3.65. The third-order valence-electron chi connectivity index (χ3n) is 4.95. The topological polar surface area (TPSA) is 80.8 Å². The summed E-state index contributed by atoms with van der Waals surface area (Å²) in [6.45, 7) is 0.404. The van der Waals surface area contributed by atoms with Gasteiger partial charge < -0.3 is 9.72 Å². The number of rotatable bonds is 6. The van der Waals surface area contributed by atoms with Gasteiger partial charge in [0.2, 0.25) is 0 Å². The summed E-state index contributed by atoms with van der Waals surface area (Å²) in [5, 5.41) is 3.10. The van der Waals surface area contributed by atoms with Crippen molar-refractivity contribution in [2.24, 2.45) is 0 Å². The summed E-state index contributed by atoms with van der Waals surface area (Å²) < 4.78 is 21.5. The number of hydrogen-bond donors (Lipinski definition) is 1. The molecule has 0 aliphatic heterocycles. The maximum absolute atomic E-state index is 14.8. The van der Waals surface area contributed by atoms with Crippen LogP contribution in [0.15, 0.2) is 65.2 Å². The molecule has 0 radical (unpaired) electrons. The van der Waals surface area contributed by atoms with Gasteiger partial charge in [-0.1, -0.05) is 0 Å². The Morgan fingerprint density at radius 2 is 2.00 bits per heavy atom. The second-order valence-electron chi connectivity index (χ2n) is 7.05. The number of ether oxygens (including phenoxy) is 1. The van der Waals surface area contributed by atoms with Crippen molar-refractivity contribution in [3.05, 3.63) is 82.1 Å². The monoisotopic (exact) mass is 432 g/mol. The molecule has 5 rings (SSSR count). The number of nitrogens with one attached hydrogen (secondary N) is 1. The molecule has 4 aromatic heterocycles. The second kappa shape index (κ2) is 8.23. The highest BCUT2D eigenvalue weighted by Crippen LogP contribution is 2.26. The highest BCUT2D eigenvalue weighted by atomic mass is 32.1.